The number of nitrogens with zero attached hydrogens (tertiary/aromatic N) is 1. The van der Waals surface area contributed by atoms with Crippen molar-refractivity contribution in [2.45, 2.75) is 6.54 Å². The lowest BCUT2D eigenvalue weighted by atomic mass is 10.1. The SMILES string of the molecule is N#C/C(=C\c1cccc(O)c1)C(=O)NCc1ccc2c(c1)OCO2. The van der Waals surface area contributed by atoms with Gasteiger partial charge in [0.05, 0.1) is 0 Å². The van der Waals surface area contributed by atoms with Gasteiger partial charge >= 0.3 is 0 Å². The van der Waals surface area contributed by atoms with Crippen molar-refractivity contribution < 1.29 is 19.4 Å². The normalized spacial score (nSPS) is 12.5. The molecule has 0 bridgehead atoms. The van der Waals surface area contributed by atoms with Gasteiger partial charge in [0, 0.05) is 6.54 Å². The van der Waals surface area contributed by atoms with Crippen LogP contribution in [0.3, 0.4) is 0 Å². The number of amides is 1. The van der Waals surface area contributed by atoms with Crippen LogP contribution in [0.4, 0.5) is 0 Å². The van der Waals surface area contributed by atoms with E-state index in [9.17, 15) is 15.2 Å². The topological polar surface area (TPSA) is 91.6 Å². The van der Waals surface area contributed by atoms with Gasteiger partial charge in [0.1, 0.15) is 17.4 Å². The number of hydrogen-bond donors (Lipinski definition) is 2. The lowest BCUT2D eigenvalue weighted by Gasteiger charge is -2.06. The molecule has 2 N–H and O–H groups in total. The molecule has 1 amide bonds. The molecule has 0 aromatic heterocycles. The third-order valence-corrected chi connectivity index (χ3v) is 3.44. The molecule has 0 radical (unpaired) electrons. The van der Waals surface area contributed by atoms with E-state index in [1.54, 1.807) is 24.3 Å². The quantitative estimate of drug-likeness (QED) is 0.666. The highest BCUT2D eigenvalue weighted by Crippen LogP contribution is 2.32. The first-order valence-corrected chi connectivity index (χ1v) is 7.23. The van der Waals surface area contributed by atoms with Crippen LogP contribution in [0, 0.1) is 11.3 Å². The number of aromatic hydroxyl groups is 1. The van der Waals surface area contributed by atoms with E-state index in [1.807, 2.05) is 12.1 Å². The van der Waals surface area contributed by atoms with Crippen molar-refractivity contribution in [3.63, 3.8) is 0 Å². The van der Waals surface area contributed by atoms with Crippen LogP contribution in [0.5, 0.6) is 17.2 Å². The molecule has 0 spiro atoms. The van der Waals surface area contributed by atoms with Crippen molar-refractivity contribution in [1.82, 2.24) is 5.32 Å². The van der Waals surface area contributed by atoms with Gasteiger partial charge in [-0.2, -0.15) is 5.26 Å². The largest absolute Gasteiger partial charge is 0.508 e. The number of phenolic OH excluding ortho intramolecular Hbond substituents is 1. The Labute approximate surface area is 138 Å². The van der Waals surface area contributed by atoms with Crippen LogP contribution in [-0.2, 0) is 11.3 Å². The highest BCUT2D eigenvalue weighted by atomic mass is 16.7. The van der Waals surface area contributed by atoms with Crippen LogP contribution in [0.2, 0.25) is 0 Å². The second kappa shape index (κ2) is 6.75. The molecule has 0 saturated heterocycles. The van der Waals surface area contributed by atoms with Gasteiger partial charge < -0.3 is 19.9 Å². The maximum atomic E-state index is 12.2. The van der Waals surface area contributed by atoms with Crippen LogP contribution in [0.25, 0.3) is 6.08 Å². The number of nitrogens with one attached hydrogen (secondary N) is 1. The first-order valence-electron chi connectivity index (χ1n) is 7.23. The van der Waals surface area contributed by atoms with Crippen LogP contribution < -0.4 is 14.8 Å². The summed E-state index contributed by atoms with van der Waals surface area (Å²) in [6.07, 6.45) is 1.43. The number of nitriles is 1. The highest BCUT2D eigenvalue weighted by Gasteiger charge is 2.14. The summed E-state index contributed by atoms with van der Waals surface area (Å²) in [4.78, 5) is 12.2. The third kappa shape index (κ3) is 3.47. The van der Waals surface area contributed by atoms with E-state index < -0.39 is 5.91 Å². The lowest BCUT2D eigenvalue weighted by Crippen LogP contribution is -2.23. The van der Waals surface area contributed by atoms with E-state index in [4.69, 9.17) is 9.47 Å². The summed E-state index contributed by atoms with van der Waals surface area (Å²) in [7, 11) is 0. The minimum Gasteiger partial charge on any atom is -0.508 e. The molecular formula is C18H14N2O4. The Morgan fingerprint density at radius 3 is 2.88 bits per heavy atom. The highest BCUT2D eigenvalue weighted by molar-refractivity contribution is 6.01. The Balaban J connectivity index is 1.68. The fourth-order valence-electron chi connectivity index (χ4n) is 2.26. The maximum absolute atomic E-state index is 12.2. The number of carbonyl (C=O) groups excluding carboxylic acids is 1. The summed E-state index contributed by atoms with van der Waals surface area (Å²) < 4.78 is 10.5. The molecule has 6 nitrogen and oxygen atoms in total. The van der Waals surface area contributed by atoms with Gasteiger partial charge in [-0.25, -0.2) is 0 Å². The number of hydrogen-bond acceptors (Lipinski definition) is 5. The van der Waals surface area contributed by atoms with Gasteiger partial charge in [-0.3, -0.25) is 4.79 Å². The third-order valence-electron chi connectivity index (χ3n) is 3.44. The van der Waals surface area contributed by atoms with Crippen molar-refractivity contribution in [1.29, 1.82) is 5.26 Å². The summed E-state index contributed by atoms with van der Waals surface area (Å²) in [6, 6.07) is 13.6. The van der Waals surface area contributed by atoms with E-state index in [-0.39, 0.29) is 24.7 Å². The molecule has 0 aliphatic carbocycles. The monoisotopic (exact) mass is 322 g/mol. The minimum atomic E-state index is -0.487. The van der Waals surface area contributed by atoms with Gasteiger partial charge in [-0.15, -0.1) is 0 Å². The van der Waals surface area contributed by atoms with Crippen molar-refractivity contribution in [3.05, 3.63) is 59.2 Å². The molecule has 0 unspecified atom stereocenters. The molecule has 0 saturated carbocycles. The molecule has 6 heteroatoms. The summed E-state index contributed by atoms with van der Waals surface area (Å²) >= 11 is 0. The number of carbonyl (C=O) groups is 1. The second-order valence-electron chi connectivity index (χ2n) is 5.14. The van der Waals surface area contributed by atoms with Gasteiger partial charge in [0.2, 0.25) is 6.79 Å². The number of benzene rings is 2. The molecular weight excluding hydrogens is 308 g/mol. The fraction of sp³-hybridized carbons (Fsp3) is 0.111. The molecule has 24 heavy (non-hydrogen) atoms. The Hall–Kier alpha value is -3.46. The predicted octanol–water partition coefficient (Wildman–Crippen LogP) is 2.34. The molecule has 1 aliphatic heterocycles. The Morgan fingerprint density at radius 2 is 2.08 bits per heavy atom. The minimum absolute atomic E-state index is 0.0404. The van der Waals surface area contributed by atoms with Crippen molar-refractivity contribution in [3.8, 4) is 23.3 Å². The van der Waals surface area contributed by atoms with E-state index in [0.717, 1.165) is 5.56 Å². The van der Waals surface area contributed by atoms with E-state index in [1.165, 1.54) is 18.2 Å². The molecule has 3 rings (SSSR count). The second-order valence-corrected chi connectivity index (χ2v) is 5.14. The Kier molecular flexibility index (Phi) is 4.34. The molecule has 2 aromatic rings. The average molecular weight is 322 g/mol. The van der Waals surface area contributed by atoms with E-state index >= 15 is 0 Å². The van der Waals surface area contributed by atoms with Crippen LogP contribution in [0.15, 0.2) is 48.0 Å². The Bertz CT molecular complexity index is 852. The number of rotatable bonds is 4. The molecule has 120 valence electrons. The first kappa shape index (κ1) is 15.4. The number of fused-ring (bicyclic) bond motifs is 1. The molecule has 1 heterocycles. The number of phenols is 1. The van der Waals surface area contributed by atoms with Crippen LogP contribution >= 0.6 is 0 Å². The molecule has 2 aromatic carbocycles. The van der Waals surface area contributed by atoms with Crippen LogP contribution in [-0.4, -0.2) is 17.8 Å². The summed E-state index contributed by atoms with van der Waals surface area (Å²) in [5.41, 5.74) is 1.37. The maximum Gasteiger partial charge on any atom is 0.262 e. The van der Waals surface area contributed by atoms with Gasteiger partial charge in [-0.05, 0) is 41.5 Å². The summed E-state index contributed by atoms with van der Waals surface area (Å²) in [6.45, 7) is 0.449. The van der Waals surface area contributed by atoms with E-state index in [2.05, 4.69) is 5.32 Å². The zero-order chi connectivity index (χ0) is 16.9. The van der Waals surface area contributed by atoms with Gasteiger partial charge in [0.25, 0.3) is 5.91 Å². The van der Waals surface area contributed by atoms with Crippen molar-refractivity contribution in [2.24, 2.45) is 0 Å². The summed E-state index contributed by atoms with van der Waals surface area (Å²) in [5.74, 6) is 0.893. The zero-order valence-corrected chi connectivity index (χ0v) is 12.7. The zero-order valence-electron chi connectivity index (χ0n) is 12.7. The van der Waals surface area contributed by atoms with Crippen molar-refractivity contribution >= 4 is 12.0 Å². The fourth-order valence-corrected chi connectivity index (χ4v) is 2.26. The van der Waals surface area contributed by atoms with Gasteiger partial charge in [0.15, 0.2) is 11.5 Å². The van der Waals surface area contributed by atoms with Crippen LogP contribution in [0.1, 0.15) is 11.1 Å². The molecule has 1 aliphatic rings. The first-order chi connectivity index (χ1) is 11.7. The Morgan fingerprint density at radius 1 is 1.25 bits per heavy atom. The summed E-state index contributed by atoms with van der Waals surface area (Å²) in [5, 5.41) is 21.3. The molecule has 0 fully saturated rings. The smallest absolute Gasteiger partial charge is 0.262 e. The standard InChI is InChI=1S/C18H14N2O4/c19-9-14(6-12-2-1-3-15(21)7-12)18(22)20-10-13-4-5-16-17(8-13)24-11-23-16/h1-8,21H,10-11H2,(H,20,22)/b14-6+. The lowest BCUT2D eigenvalue weighted by molar-refractivity contribution is -0.117. The van der Waals surface area contributed by atoms with Gasteiger partial charge in [-0.1, -0.05) is 18.2 Å². The average Bonchev–Trinajstić information content (AvgIpc) is 3.05. The number of ether oxygens (including phenoxy) is 2. The van der Waals surface area contributed by atoms with E-state index in [0.29, 0.717) is 17.1 Å². The predicted molar refractivity (Wildman–Crippen MR) is 86.1 cm³/mol. The molecule has 0 atom stereocenters. The van der Waals surface area contributed by atoms with Crippen molar-refractivity contribution in [2.75, 3.05) is 6.79 Å².